The molecule has 0 aromatic heterocycles. The van der Waals surface area contributed by atoms with E-state index in [4.69, 9.17) is 0 Å². The summed E-state index contributed by atoms with van der Waals surface area (Å²) in [6.07, 6.45) is 0.175. The Morgan fingerprint density at radius 3 is 1.34 bits per heavy atom. The molecule has 0 saturated heterocycles. The summed E-state index contributed by atoms with van der Waals surface area (Å²) in [5.41, 5.74) is 5.03. The van der Waals surface area contributed by atoms with Crippen LogP contribution in [0, 0.1) is 13.8 Å². The molecule has 0 aliphatic rings. The number of amides is 2. The number of anilines is 2. The fraction of sp³-hybridized carbons (Fsp3) is 0.333. The number of hydrogen-bond acceptors (Lipinski definition) is 6. The Kier molecular flexibility index (Phi) is 8.95. The molecule has 2 amide bonds. The van der Waals surface area contributed by atoms with Crippen LogP contribution in [0.4, 0.5) is 11.4 Å². The summed E-state index contributed by atoms with van der Waals surface area (Å²) >= 11 is 0. The van der Waals surface area contributed by atoms with Gasteiger partial charge in [0.2, 0.25) is 11.8 Å². The van der Waals surface area contributed by atoms with E-state index in [9.17, 15) is 19.2 Å². The van der Waals surface area contributed by atoms with Crippen molar-refractivity contribution < 1.29 is 28.7 Å². The molecule has 0 aliphatic heterocycles. The Morgan fingerprint density at radius 2 is 1.03 bits per heavy atom. The van der Waals surface area contributed by atoms with Crippen molar-refractivity contribution in [2.75, 3.05) is 24.9 Å². The van der Waals surface area contributed by atoms with Gasteiger partial charge >= 0.3 is 11.9 Å². The fourth-order valence-electron chi connectivity index (χ4n) is 3.03. The maximum absolute atomic E-state index is 12.0. The summed E-state index contributed by atoms with van der Waals surface area (Å²) in [5, 5.41) is 5.61. The molecule has 0 radical (unpaired) electrons. The summed E-state index contributed by atoms with van der Waals surface area (Å²) in [6.45, 7) is 3.78. The number of carbonyl (C=O) groups is 4. The van der Waals surface area contributed by atoms with Gasteiger partial charge in [0.05, 0.1) is 27.1 Å². The van der Waals surface area contributed by atoms with E-state index >= 15 is 0 Å². The van der Waals surface area contributed by atoms with Crippen LogP contribution in [-0.2, 0) is 28.7 Å². The van der Waals surface area contributed by atoms with Gasteiger partial charge < -0.3 is 20.1 Å². The molecule has 0 saturated carbocycles. The van der Waals surface area contributed by atoms with Gasteiger partial charge in [-0.2, -0.15) is 0 Å². The number of benzene rings is 2. The van der Waals surface area contributed by atoms with E-state index < -0.39 is 11.9 Å². The minimum Gasteiger partial charge on any atom is -0.469 e. The highest BCUT2D eigenvalue weighted by Gasteiger charge is 2.11. The molecule has 0 heterocycles. The van der Waals surface area contributed by atoms with Gasteiger partial charge in [-0.15, -0.1) is 0 Å². The minimum absolute atomic E-state index is 0.0321. The van der Waals surface area contributed by atoms with Crippen molar-refractivity contribution in [2.24, 2.45) is 0 Å². The van der Waals surface area contributed by atoms with Crippen molar-refractivity contribution in [2.45, 2.75) is 39.5 Å². The van der Waals surface area contributed by atoms with Gasteiger partial charge in [-0.25, -0.2) is 0 Å². The van der Waals surface area contributed by atoms with Crippen LogP contribution in [0.2, 0.25) is 0 Å². The van der Waals surface area contributed by atoms with Gasteiger partial charge in [0.1, 0.15) is 0 Å². The van der Waals surface area contributed by atoms with Crippen LogP contribution in [0.3, 0.4) is 0 Å². The molecular formula is C24H28N2O6. The van der Waals surface area contributed by atoms with Gasteiger partial charge in [-0.3, -0.25) is 19.2 Å². The molecule has 8 nitrogen and oxygen atoms in total. The molecule has 170 valence electrons. The number of methoxy groups -OCH3 is 2. The number of esters is 2. The third-order valence-electron chi connectivity index (χ3n) is 4.90. The molecule has 0 aliphatic carbocycles. The molecule has 0 spiro atoms. The summed E-state index contributed by atoms with van der Waals surface area (Å²) in [5.74, 6) is -1.36. The fourth-order valence-corrected chi connectivity index (χ4v) is 3.03. The lowest BCUT2D eigenvalue weighted by Crippen LogP contribution is -2.14. The monoisotopic (exact) mass is 440 g/mol. The van der Waals surface area contributed by atoms with Gasteiger partial charge in [-0.05, 0) is 60.4 Å². The Bertz CT molecular complexity index is 934. The first-order chi connectivity index (χ1) is 15.2. The molecular weight excluding hydrogens is 412 g/mol. The van der Waals surface area contributed by atoms with E-state index in [0.29, 0.717) is 11.4 Å². The molecule has 0 fully saturated rings. The maximum Gasteiger partial charge on any atom is 0.306 e. The standard InChI is InChI=1S/C24H28N2O6/c1-15-13-17(5-7-19(15)25-21(27)9-11-23(29)31-3)18-6-8-20(16(2)14-18)26-22(28)10-12-24(30)32-4/h5-8,13-14H,9-12H2,1-4H3,(H,25,27)(H,26,28). The normalized spacial score (nSPS) is 10.2. The van der Waals surface area contributed by atoms with E-state index in [0.717, 1.165) is 22.3 Å². The van der Waals surface area contributed by atoms with Crippen molar-refractivity contribution in [1.29, 1.82) is 0 Å². The predicted molar refractivity (Wildman–Crippen MR) is 121 cm³/mol. The number of nitrogens with one attached hydrogen (secondary N) is 2. The number of ether oxygens (including phenoxy) is 2. The van der Waals surface area contributed by atoms with Gasteiger partial charge in [0, 0.05) is 24.2 Å². The van der Waals surface area contributed by atoms with Crippen LogP contribution in [0.25, 0.3) is 11.1 Å². The average molecular weight is 440 g/mol. The number of carbonyl (C=O) groups excluding carboxylic acids is 4. The largest absolute Gasteiger partial charge is 0.469 e. The summed E-state index contributed by atoms with van der Waals surface area (Å²) in [4.78, 5) is 46.4. The summed E-state index contributed by atoms with van der Waals surface area (Å²) in [6, 6.07) is 11.3. The van der Waals surface area contributed by atoms with Crippen LogP contribution >= 0.6 is 0 Å². The Labute approximate surface area is 187 Å². The zero-order chi connectivity index (χ0) is 23.7. The maximum atomic E-state index is 12.0. The molecule has 8 heteroatoms. The molecule has 0 atom stereocenters. The lowest BCUT2D eigenvalue weighted by molar-refractivity contribution is -0.142. The van der Waals surface area contributed by atoms with E-state index in [2.05, 4.69) is 20.1 Å². The van der Waals surface area contributed by atoms with E-state index in [1.54, 1.807) is 0 Å². The molecule has 2 N–H and O–H groups in total. The SMILES string of the molecule is COC(=O)CCC(=O)Nc1ccc(-c2ccc(NC(=O)CCC(=O)OC)c(C)c2)cc1C. The average Bonchev–Trinajstić information content (AvgIpc) is 2.78. The molecule has 0 unspecified atom stereocenters. The first-order valence-electron chi connectivity index (χ1n) is 10.2. The second-order valence-electron chi connectivity index (χ2n) is 7.31. The Hall–Kier alpha value is -3.68. The molecule has 2 rings (SSSR count). The van der Waals surface area contributed by atoms with Crippen molar-refractivity contribution in [3.63, 3.8) is 0 Å². The van der Waals surface area contributed by atoms with Crippen LogP contribution in [-0.4, -0.2) is 38.0 Å². The summed E-state index contributed by atoms with van der Waals surface area (Å²) in [7, 11) is 2.58. The second kappa shape index (κ2) is 11.6. The predicted octanol–water partition coefficient (Wildman–Crippen LogP) is 3.75. The zero-order valence-corrected chi connectivity index (χ0v) is 18.7. The Balaban J connectivity index is 2.04. The molecule has 2 aromatic rings. The van der Waals surface area contributed by atoms with Crippen LogP contribution in [0.5, 0.6) is 0 Å². The highest BCUT2D eigenvalue weighted by atomic mass is 16.5. The number of hydrogen-bond donors (Lipinski definition) is 2. The first kappa shape index (κ1) is 24.6. The topological polar surface area (TPSA) is 111 Å². The Morgan fingerprint density at radius 1 is 0.656 bits per heavy atom. The summed E-state index contributed by atoms with van der Waals surface area (Å²) < 4.78 is 9.09. The van der Waals surface area contributed by atoms with E-state index in [1.165, 1.54) is 14.2 Å². The van der Waals surface area contributed by atoms with Crippen molar-refractivity contribution in [3.05, 3.63) is 47.5 Å². The number of rotatable bonds is 9. The molecule has 32 heavy (non-hydrogen) atoms. The quantitative estimate of drug-likeness (QED) is 0.575. The van der Waals surface area contributed by atoms with Crippen molar-refractivity contribution in [3.8, 4) is 11.1 Å². The smallest absolute Gasteiger partial charge is 0.306 e. The second-order valence-corrected chi connectivity index (χ2v) is 7.31. The third-order valence-corrected chi connectivity index (χ3v) is 4.90. The minimum atomic E-state index is -0.425. The highest BCUT2D eigenvalue weighted by molar-refractivity contribution is 5.94. The van der Waals surface area contributed by atoms with Gasteiger partial charge in [-0.1, -0.05) is 12.1 Å². The number of aryl methyl sites for hydroxylation is 2. The molecule has 2 aromatic carbocycles. The van der Waals surface area contributed by atoms with Crippen LogP contribution in [0.1, 0.15) is 36.8 Å². The van der Waals surface area contributed by atoms with Gasteiger partial charge in [0.15, 0.2) is 0 Å². The van der Waals surface area contributed by atoms with E-state index in [-0.39, 0.29) is 37.5 Å². The van der Waals surface area contributed by atoms with E-state index in [1.807, 2.05) is 50.2 Å². The van der Waals surface area contributed by atoms with Crippen LogP contribution in [0.15, 0.2) is 36.4 Å². The first-order valence-corrected chi connectivity index (χ1v) is 10.2. The third kappa shape index (κ3) is 7.23. The highest BCUT2D eigenvalue weighted by Crippen LogP contribution is 2.28. The molecule has 0 bridgehead atoms. The lowest BCUT2D eigenvalue weighted by Gasteiger charge is -2.13. The lowest BCUT2D eigenvalue weighted by atomic mass is 9.99. The van der Waals surface area contributed by atoms with Gasteiger partial charge in [0.25, 0.3) is 0 Å². The van der Waals surface area contributed by atoms with Crippen molar-refractivity contribution >= 4 is 35.1 Å². The zero-order valence-electron chi connectivity index (χ0n) is 18.7. The van der Waals surface area contributed by atoms with Crippen LogP contribution < -0.4 is 10.6 Å². The van der Waals surface area contributed by atoms with Crippen molar-refractivity contribution in [1.82, 2.24) is 0 Å².